The molecule has 1 heterocycles. The molecule has 0 atom stereocenters. The third-order valence-corrected chi connectivity index (χ3v) is 3.44. The van der Waals surface area contributed by atoms with Crippen LogP contribution in [0.15, 0.2) is 24.4 Å². The number of ether oxygens (including phenoxy) is 2. The second-order valence-electron chi connectivity index (χ2n) is 5.10. The van der Waals surface area contributed by atoms with E-state index in [2.05, 4.69) is 56.8 Å². The smallest absolute Gasteiger partial charge is 0.185 e. The van der Waals surface area contributed by atoms with Crippen molar-refractivity contribution in [3.63, 3.8) is 0 Å². The Hall–Kier alpha value is -1.48. The molecule has 1 aromatic carbocycles. The Balaban J connectivity index is 0.00000220. The summed E-state index contributed by atoms with van der Waals surface area (Å²) in [5.41, 5.74) is 1.23. The van der Waals surface area contributed by atoms with Crippen molar-refractivity contribution in [3.8, 4) is 11.5 Å². The molecule has 0 aliphatic heterocycles. The molecule has 116 valence electrons. The highest BCUT2D eigenvalue weighted by atomic mass is 35.5. The van der Waals surface area contributed by atoms with Crippen LogP contribution < -0.4 is 26.4 Å². The van der Waals surface area contributed by atoms with E-state index in [0.29, 0.717) is 13.2 Å². The fraction of sp³-hybridized carbons (Fsp3) is 0.471. The summed E-state index contributed by atoms with van der Waals surface area (Å²) in [5.74, 6) is 1.70. The number of benzene rings is 1. The van der Waals surface area contributed by atoms with Crippen molar-refractivity contribution < 1.29 is 26.4 Å². The number of rotatable bonds is 6. The minimum atomic E-state index is 0. The predicted molar refractivity (Wildman–Crippen MR) is 81.4 cm³/mol. The number of aromatic nitrogens is 1. The number of fused-ring (bicyclic) bond motifs is 1. The van der Waals surface area contributed by atoms with Crippen molar-refractivity contribution in [1.29, 1.82) is 0 Å². The fourth-order valence-corrected chi connectivity index (χ4v) is 2.17. The van der Waals surface area contributed by atoms with E-state index in [4.69, 9.17) is 9.47 Å². The second-order valence-corrected chi connectivity index (χ2v) is 5.10. The molecule has 0 aliphatic carbocycles. The van der Waals surface area contributed by atoms with Crippen molar-refractivity contribution in [1.82, 2.24) is 0 Å². The lowest BCUT2D eigenvalue weighted by molar-refractivity contribution is -0.676. The number of nitrogens with zero attached hydrogens (tertiary/aromatic N) is 1. The van der Waals surface area contributed by atoms with Gasteiger partial charge in [0.25, 0.3) is 0 Å². The summed E-state index contributed by atoms with van der Waals surface area (Å²) >= 11 is 0. The Labute approximate surface area is 133 Å². The van der Waals surface area contributed by atoms with Crippen molar-refractivity contribution in [2.24, 2.45) is 7.05 Å². The average molecular weight is 310 g/mol. The molecule has 3 nitrogen and oxygen atoms in total. The van der Waals surface area contributed by atoms with Crippen LogP contribution in [0.25, 0.3) is 10.8 Å². The Morgan fingerprint density at radius 2 is 1.57 bits per heavy atom. The lowest BCUT2D eigenvalue weighted by Crippen LogP contribution is -3.00. The summed E-state index contributed by atoms with van der Waals surface area (Å²) in [5, 5.41) is 2.40. The van der Waals surface area contributed by atoms with Gasteiger partial charge in [0.05, 0.1) is 18.6 Å². The van der Waals surface area contributed by atoms with E-state index in [-0.39, 0.29) is 12.4 Å². The van der Waals surface area contributed by atoms with Crippen LogP contribution in [0.4, 0.5) is 0 Å². The van der Waals surface area contributed by atoms with Gasteiger partial charge in [-0.1, -0.05) is 13.8 Å². The van der Waals surface area contributed by atoms with E-state index in [1.807, 2.05) is 0 Å². The summed E-state index contributed by atoms with van der Waals surface area (Å²) < 4.78 is 13.8. The van der Waals surface area contributed by atoms with Crippen LogP contribution in [0.3, 0.4) is 0 Å². The summed E-state index contributed by atoms with van der Waals surface area (Å²) in [4.78, 5) is 0. The maximum absolute atomic E-state index is 5.85. The van der Waals surface area contributed by atoms with Crippen LogP contribution in [0.1, 0.15) is 32.4 Å². The van der Waals surface area contributed by atoms with Crippen molar-refractivity contribution in [3.05, 3.63) is 30.1 Å². The lowest BCUT2D eigenvalue weighted by atomic mass is 10.1. The van der Waals surface area contributed by atoms with Gasteiger partial charge in [-0.3, -0.25) is 0 Å². The van der Waals surface area contributed by atoms with Gasteiger partial charge in [0, 0.05) is 13.0 Å². The van der Waals surface area contributed by atoms with Crippen LogP contribution >= 0.6 is 0 Å². The van der Waals surface area contributed by atoms with Gasteiger partial charge in [0.15, 0.2) is 23.4 Å². The van der Waals surface area contributed by atoms with Gasteiger partial charge >= 0.3 is 0 Å². The summed E-state index contributed by atoms with van der Waals surface area (Å²) in [6.45, 7) is 7.77. The van der Waals surface area contributed by atoms with Crippen LogP contribution in [0.2, 0.25) is 0 Å². The molecule has 0 bridgehead atoms. The molecule has 0 N–H and O–H groups in total. The lowest BCUT2D eigenvalue weighted by Gasteiger charge is -2.13. The molecule has 0 saturated heterocycles. The molecule has 0 amide bonds. The highest BCUT2D eigenvalue weighted by molar-refractivity contribution is 5.86. The van der Waals surface area contributed by atoms with Gasteiger partial charge in [-0.2, -0.15) is 0 Å². The highest BCUT2D eigenvalue weighted by Gasteiger charge is 2.13. The summed E-state index contributed by atoms with van der Waals surface area (Å²) in [6.07, 6.45) is 4.06. The molecule has 0 unspecified atom stereocenters. The zero-order chi connectivity index (χ0) is 14.5. The molecule has 0 radical (unpaired) electrons. The van der Waals surface area contributed by atoms with Crippen molar-refractivity contribution in [2.75, 3.05) is 13.2 Å². The van der Waals surface area contributed by atoms with Crippen molar-refractivity contribution >= 4 is 10.8 Å². The quantitative estimate of drug-likeness (QED) is 0.727. The fourth-order valence-electron chi connectivity index (χ4n) is 2.17. The first-order valence-corrected chi connectivity index (χ1v) is 7.36. The Morgan fingerprint density at radius 1 is 1.00 bits per heavy atom. The van der Waals surface area contributed by atoms with E-state index in [0.717, 1.165) is 24.3 Å². The van der Waals surface area contributed by atoms with E-state index in [9.17, 15) is 0 Å². The standard InChI is InChI=1S/C17H24NO2.ClH/c1-5-9-19-16-11-14-7-8-18(4)13(3)15(14)12-17(16)20-10-6-2;/h7-8,11-12H,5-6,9-10H2,1-4H3;1H/q+1;/p-1. The third kappa shape index (κ3) is 4.01. The first-order valence-electron chi connectivity index (χ1n) is 7.36. The SMILES string of the molecule is CCCOc1cc2cc[n+](C)c(C)c2cc1OCCC.[Cl-]. The molecule has 1 aromatic heterocycles. The molecular formula is C17H24ClNO2. The Kier molecular flexibility index (Phi) is 6.76. The molecule has 0 spiro atoms. The number of halogens is 1. The maximum Gasteiger partial charge on any atom is 0.185 e. The van der Waals surface area contributed by atoms with E-state index >= 15 is 0 Å². The van der Waals surface area contributed by atoms with Crippen molar-refractivity contribution in [2.45, 2.75) is 33.6 Å². The first kappa shape index (κ1) is 17.6. The van der Waals surface area contributed by atoms with Crippen LogP contribution in [0.5, 0.6) is 11.5 Å². The molecule has 21 heavy (non-hydrogen) atoms. The molecule has 2 rings (SSSR count). The molecule has 2 aromatic rings. The normalized spacial score (nSPS) is 10.3. The van der Waals surface area contributed by atoms with E-state index < -0.39 is 0 Å². The molecule has 0 saturated carbocycles. The molecule has 4 heteroatoms. The average Bonchev–Trinajstić information content (AvgIpc) is 2.47. The Morgan fingerprint density at radius 3 is 2.14 bits per heavy atom. The predicted octanol–water partition coefficient (Wildman–Crippen LogP) is 0.554. The molecular weight excluding hydrogens is 286 g/mol. The number of hydrogen-bond donors (Lipinski definition) is 0. The summed E-state index contributed by atoms with van der Waals surface area (Å²) in [6, 6.07) is 6.30. The van der Waals surface area contributed by atoms with E-state index in [1.165, 1.54) is 16.5 Å². The van der Waals surface area contributed by atoms with Gasteiger partial charge in [-0.15, -0.1) is 0 Å². The van der Waals surface area contributed by atoms with Gasteiger partial charge in [0.2, 0.25) is 0 Å². The van der Waals surface area contributed by atoms with Gasteiger partial charge < -0.3 is 21.9 Å². The second kappa shape index (κ2) is 8.08. The van der Waals surface area contributed by atoms with Crippen LogP contribution in [-0.2, 0) is 7.05 Å². The zero-order valence-electron chi connectivity index (χ0n) is 13.3. The number of aryl methyl sites for hydroxylation is 2. The van der Waals surface area contributed by atoms with Crippen LogP contribution in [-0.4, -0.2) is 13.2 Å². The summed E-state index contributed by atoms with van der Waals surface area (Å²) in [7, 11) is 2.06. The minimum absolute atomic E-state index is 0. The third-order valence-electron chi connectivity index (χ3n) is 3.44. The molecule has 0 fully saturated rings. The van der Waals surface area contributed by atoms with Crippen LogP contribution in [0, 0.1) is 6.92 Å². The minimum Gasteiger partial charge on any atom is -1.00 e. The Bertz CT molecular complexity index is 599. The number of pyridine rings is 1. The molecule has 0 aliphatic rings. The monoisotopic (exact) mass is 309 g/mol. The van der Waals surface area contributed by atoms with Gasteiger partial charge in [-0.05, 0) is 30.4 Å². The van der Waals surface area contributed by atoms with Gasteiger partial charge in [0.1, 0.15) is 7.05 Å². The topological polar surface area (TPSA) is 22.3 Å². The van der Waals surface area contributed by atoms with Gasteiger partial charge in [-0.25, -0.2) is 4.57 Å². The first-order chi connectivity index (χ1) is 9.67. The zero-order valence-corrected chi connectivity index (χ0v) is 14.0. The number of hydrogen-bond acceptors (Lipinski definition) is 2. The largest absolute Gasteiger partial charge is 1.00 e. The maximum atomic E-state index is 5.85. The van der Waals surface area contributed by atoms with E-state index in [1.54, 1.807) is 0 Å². The highest BCUT2D eigenvalue weighted by Crippen LogP contribution is 2.33.